The summed E-state index contributed by atoms with van der Waals surface area (Å²) in [4.78, 5) is 6.81. The number of halogens is 1. The van der Waals surface area contributed by atoms with Crippen molar-refractivity contribution in [1.82, 2.24) is 19.8 Å². The van der Waals surface area contributed by atoms with E-state index in [1.807, 2.05) is 42.6 Å². The summed E-state index contributed by atoms with van der Waals surface area (Å²) in [5.41, 5.74) is 5.21. The van der Waals surface area contributed by atoms with Crippen LogP contribution in [0.1, 0.15) is 34.7 Å². The summed E-state index contributed by atoms with van der Waals surface area (Å²) >= 11 is 12.1. The van der Waals surface area contributed by atoms with Gasteiger partial charge < -0.3 is 24.3 Å². The van der Waals surface area contributed by atoms with Crippen LogP contribution in [0.25, 0.3) is 5.69 Å². The molecule has 1 aliphatic heterocycles. The average molecular weight is 471 g/mol. The molecule has 2 atom stereocenters. The second kappa shape index (κ2) is 9.48. The molecule has 0 saturated carbocycles. The van der Waals surface area contributed by atoms with Gasteiger partial charge in [0.2, 0.25) is 0 Å². The summed E-state index contributed by atoms with van der Waals surface area (Å²) in [5.74, 6) is 0.764. The van der Waals surface area contributed by atoms with E-state index in [-0.39, 0.29) is 12.1 Å². The van der Waals surface area contributed by atoms with E-state index >= 15 is 0 Å². The van der Waals surface area contributed by atoms with Crippen molar-refractivity contribution in [2.24, 2.45) is 0 Å². The van der Waals surface area contributed by atoms with Crippen molar-refractivity contribution < 1.29 is 9.47 Å². The Morgan fingerprint density at radius 1 is 1.16 bits per heavy atom. The number of thiocarbonyl (C=S) groups is 1. The molecular formula is C24H27ClN4O2S. The van der Waals surface area contributed by atoms with Crippen LogP contribution in [0.5, 0.6) is 5.75 Å². The topological polar surface area (TPSA) is 51.5 Å². The van der Waals surface area contributed by atoms with E-state index in [0.717, 1.165) is 28.5 Å². The molecule has 2 aromatic heterocycles. The predicted molar refractivity (Wildman–Crippen MR) is 131 cm³/mol. The lowest BCUT2D eigenvalue weighted by Gasteiger charge is -2.28. The van der Waals surface area contributed by atoms with Crippen molar-refractivity contribution in [2.75, 3.05) is 27.4 Å². The van der Waals surface area contributed by atoms with Gasteiger partial charge >= 0.3 is 0 Å². The molecule has 6 nitrogen and oxygen atoms in total. The molecule has 8 heteroatoms. The number of rotatable bonds is 7. The van der Waals surface area contributed by atoms with Crippen molar-refractivity contribution in [2.45, 2.75) is 25.9 Å². The molecule has 4 rings (SSSR count). The van der Waals surface area contributed by atoms with Gasteiger partial charge in [-0.2, -0.15) is 0 Å². The normalized spacial score (nSPS) is 18.2. The maximum Gasteiger partial charge on any atom is 0.170 e. The van der Waals surface area contributed by atoms with Gasteiger partial charge in [0.05, 0.1) is 37.2 Å². The standard InChI is InChI=1S/C24H27ClN4O2S/c1-15-13-18(16(2)29(15)20-14-17(25)8-9-21(20)31-4)23-22(19-7-5-6-10-26-19)27-24(32)28(23)11-12-30-3/h5-10,13-14,22-23H,11-12H2,1-4H3,(H,27,32)/t22-,23-/m0/s1. The maximum absolute atomic E-state index is 6.34. The highest BCUT2D eigenvalue weighted by molar-refractivity contribution is 7.80. The number of aromatic nitrogens is 2. The van der Waals surface area contributed by atoms with E-state index in [1.54, 1.807) is 14.2 Å². The Labute approximate surface area is 199 Å². The first kappa shape index (κ1) is 22.6. The molecule has 0 bridgehead atoms. The SMILES string of the molecule is COCCN1C(=S)N[C@@H](c2ccccn2)[C@@H]1c1cc(C)n(-c2cc(Cl)ccc2OC)c1C. The lowest BCUT2D eigenvalue weighted by Crippen LogP contribution is -2.32. The second-order valence-corrected chi connectivity index (χ2v) is 8.61. The summed E-state index contributed by atoms with van der Waals surface area (Å²) in [6, 6.07) is 13.7. The molecule has 3 heterocycles. The van der Waals surface area contributed by atoms with Gasteiger partial charge in [0.15, 0.2) is 5.11 Å². The van der Waals surface area contributed by atoms with E-state index in [0.29, 0.717) is 23.3 Å². The molecule has 1 fully saturated rings. The first-order valence-corrected chi connectivity index (χ1v) is 11.2. The monoisotopic (exact) mass is 470 g/mol. The first-order valence-electron chi connectivity index (χ1n) is 10.5. The number of ether oxygens (including phenoxy) is 2. The summed E-state index contributed by atoms with van der Waals surface area (Å²) in [7, 11) is 3.37. The van der Waals surface area contributed by atoms with Crippen molar-refractivity contribution >= 4 is 28.9 Å². The highest BCUT2D eigenvalue weighted by atomic mass is 35.5. The Hall–Kier alpha value is -2.61. The quantitative estimate of drug-likeness (QED) is 0.502. The van der Waals surface area contributed by atoms with Crippen LogP contribution >= 0.6 is 23.8 Å². The van der Waals surface area contributed by atoms with Crippen LogP contribution in [0, 0.1) is 13.8 Å². The molecule has 168 valence electrons. The second-order valence-electron chi connectivity index (χ2n) is 7.79. The minimum absolute atomic E-state index is 0.0299. The van der Waals surface area contributed by atoms with Crippen LogP contribution in [-0.2, 0) is 4.74 Å². The van der Waals surface area contributed by atoms with Crippen LogP contribution in [0.15, 0.2) is 48.7 Å². The third-order valence-corrected chi connectivity index (χ3v) is 6.49. The predicted octanol–water partition coefficient (Wildman–Crippen LogP) is 4.77. The van der Waals surface area contributed by atoms with Gasteiger partial charge in [-0.15, -0.1) is 0 Å². The molecule has 32 heavy (non-hydrogen) atoms. The molecule has 1 aliphatic rings. The number of methoxy groups -OCH3 is 2. The zero-order chi connectivity index (χ0) is 22.8. The minimum atomic E-state index is -0.0734. The summed E-state index contributed by atoms with van der Waals surface area (Å²) < 4.78 is 13.2. The number of nitrogens with one attached hydrogen (secondary N) is 1. The van der Waals surface area contributed by atoms with Gasteiger partial charge in [0.25, 0.3) is 0 Å². The van der Waals surface area contributed by atoms with E-state index in [9.17, 15) is 0 Å². The Bertz CT molecular complexity index is 1120. The van der Waals surface area contributed by atoms with Gasteiger partial charge in [-0.3, -0.25) is 4.98 Å². The number of hydrogen-bond donors (Lipinski definition) is 1. The zero-order valence-electron chi connectivity index (χ0n) is 18.6. The summed E-state index contributed by atoms with van der Waals surface area (Å²) in [6.07, 6.45) is 1.81. The molecule has 0 amide bonds. The molecule has 0 aliphatic carbocycles. The van der Waals surface area contributed by atoms with E-state index in [4.69, 9.17) is 33.3 Å². The van der Waals surface area contributed by atoms with E-state index in [2.05, 4.69) is 39.7 Å². The molecular weight excluding hydrogens is 444 g/mol. The molecule has 1 aromatic carbocycles. The fraction of sp³-hybridized carbons (Fsp3) is 0.333. The highest BCUT2D eigenvalue weighted by Gasteiger charge is 2.41. The third-order valence-electron chi connectivity index (χ3n) is 5.90. The van der Waals surface area contributed by atoms with Gasteiger partial charge in [0, 0.05) is 36.3 Å². The van der Waals surface area contributed by atoms with Crippen LogP contribution in [0.2, 0.25) is 5.02 Å². The fourth-order valence-electron chi connectivity index (χ4n) is 4.47. The van der Waals surface area contributed by atoms with Gasteiger partial charge in [-0.1, -0.05) is 17.7 Å². The van der Waals surface area contributed by atoms with E-state index < -0.39 is 0 Å². The van der Waals surface area contributed by atoms with Gasteiger partial charge in [-0.05, 0) is 68.0 Å². The lowest BCUT2D eigenvalue weighted by molar-refractivity contribution is 0.164. The average Bonchev–Trinajstić information content (AvgIpc) is 3.27. The van der Waals surface area contributed by atoms with Crippen molar-refractivity contribution in [1.29, 1.82) is 0 Å². The van der Waals surface area contributed by atoms with Crippen LogP contribution < -0.4 is 10.1 Å². The summed E-state index contributed by atoms with van der Waals surface area (Å²) in [6.45, 7) is 5.47. The molecule has 0 spiro atoms. The third kappa shape index (κ3) is 4.08. The molecule has 0 radical (unpaired) electrons. The highest BCUT2D eigenvalue weighted by Crippen LogP contribution is 2.42. The number of pyridine rings is 1. The first-order chi connectivity index (χ1) is 15.5. The number of benzene rings is 1. The van der Waals surface area contributed by atoms with Gasteiger partial charge in [-0.25, -0.2) is 0 Å². The molecule has 1 N–H and O–H groups in total. The Balaban J connectivity index is 1.85. The number of hydrogen-bond acceptors (Lipinski definition) is 4. The molecule has 0 unspecified atom stereocenters. The molecule has 3 aromatic rings. The van der Waals surface area contributed by atoms with Crippen LogP contribution in [-0.4, -0.2) is 46.9 Å². The largest absolute Gasteiger partial charge is 0.495 e. The Morgan fingerprint density at radius 3 is 2.66 bits per heavy atom. The molecule has 1 saturated heterocycles. The Kier molecular flexibility index (Phi) is 6.69. The van der Waals surface area contributed by atoms with E-state index in [1.165, 1.54) is 5.56 Å². The van der Waals surface area contributed by atoms with Crippen molar-refractivity contribution in [3.8, 4) is 11.4 Å². The Morgan fingerprint density at radius 2 is 1.97 bits per heavy atom. The number of aryl methyl sites for hydroxylation is 1. The van der Waals surface area contributed by atoms with Crippen LogP contribution in [0.3, 0.4) is 0 Å². The number of nitrogens with zero attached hydrogens (tertiary/aromatic N) is 3. The van der Waals surface area contributed by atoms with Gasteiger partial charge in [0.1, 0.15) is 5.75 Å². The minimum Gasteiger partial charge on any atom is -0.495 e. The maximum atomic E-state index is 6.34. The lowest BCUT2D eigenvalue weighted by atomic mass is 9.97. The smallest absolute Gasteiger partial charge is 0.170 e. The summed E-state index contributed by atoms with van der Waals surface area (Å²) in [5, 5.41) is 4.85. The van der Waals surface area contributed by atoms with Crippen molar-refractivity contribution in [3.63, 3.8) is 0 Å². The fourth-order valence-corrected chi connectivity index (χ4v) is 4.97. The zero-order valence-corrected chi connectivity index (χ0v) is 20.2. The van der Waals surface area contributed by atoms with Crippen LogP contribution in [0.4, 0.5) is 0 Å². The van der Waals surface area contributed by atoms with Crippen molar-refractivity contribution in [3.05, 3.63) is 76.3 Å².